The Morgan fingerprint density at radius 2 is 1.97 bits per heavy atom. The van der Waals surface area contributed by atoms with Gasteiger partial charge in [0.2, 0.25) is 0 Å². The molecule has 0 spiro atoms. The summed E-state index contributed by atoms with van der Waals surface area (Å²) in [6, 6.07) is 10.7. The molecule has 1 N–H and O–H groups in total. The Bertz CT molecular complexity index is 1150. The zero-order valence-electron chi connectivity index (χ0n) is 16.9. The van der Waals surface area contributed by atoms with E-state index in [1.54, 1.807) is 35.4 Å². The van der Waals surface area contributed by atoms with Crippen LogP contribution >= 0.6 is 0 Å². The minimum Gasteiger partial charge on any atom is -0.366 e. The van der Waals surface area contributed by atoms with Gasteiger partial charge in [-0.2, -0.15) is 13.2 Å². The van der Waals surface area contributed by atoms with Crippen LogP contribution in [0, 0.1) is 0 Å². The molecule has 1 saturated heterocycles. The van der Waals surface area contributed by atoms with Crippen molar-refractivity contribution in [1.82, 2.24) is 15.0 Å². The largest absolute Gasteiger partial charge is 0.433 e. The first-order chi connectivity index (χ1) is 15.4. The maximum absolute atomic E-state index is 13.2. The Balaban J connectivity index is 1.55. The number of halogens is 3. The molecule has 1 fully saturated rings. The van der Waals surface area contributed by atoms with Crippen molar-refractivity contribution in [2.45, 2.75) is 25.1 Å². The number of pyridine rings is 3. The minimum absolute atomic E-state index is 0.0918. The van der Waals surface area contributed by atoms with Crippen LogP contribution in [-0.4, -0.2) is 40.1 Å². The highest BCUT2D eigenvalue weighted by Gasteiger charge is 2.38. The average Bonchev–Trinajstić information content (AvgIpc) is 2.79. The molecule has 2 aliphatic heterocycles. The van der Waals surface area contributed by atoms with Gasteiger partial charge in [0, 0.05) is 31.0 Å². The third-order valence-electron chi connectivity index (χ3n) is 5.65. The number of nitrogens with zero attached hydrogens (tertiary/aromatic N) is 5. The second-order valence-electron chi connectivity index (χ2n) is 7.72. The Morgan fingerprint density at radius 1 is 1.09 bits per heavy atom. The molecule has 2 amide bonds. The molecule has 0 saturated carbocycles. The fourth-order valence-corrected chi connectivity index (χ4v) is 4.20. The second-order valence-corrected chi connectivity index (χ2v) is 7.72. The van der Waals surface area contributed by atoms with E-state index in [9.17, 15) is 18.0 Å². The van der Waals surface area contributed by atoms with Gasteiger partial charge in [0.15, 0.2) is 5.82 Å². The lowest BCUT2D eigenvalue weighted by Crippen LogP contribution is -2.56. The SMILES string of the molecule is O=C(Nc1ccccn1)N1c2nc(-c3ccnc(C(F)(F)F)c3)ccc2N2CCCC1C2. The summed E-state index contributed by atoms with van der Waals surface area (Å²) in [5, 5.41) is 2.80. The fourth-order valence-electron chi connectivity index (χ4n) is 4.20. The highest BCUT2D eigenvalue weighted by Crippen LogP contribution is 2.40. The molecule has 2 bridgehead atoms. The van der Waals surface area contributed by atoms with Gasteiger partial charge in [0.1, 0.15) is 11.5 Å². The summed E-state index contributed by atoms with van der Waals surface area (Å²) < 4.78 is 39.4. The number of fused-ring (bicyclic) bond motifs is 4. The topological polar surface area (TPSA) is 74.2 Å². The summed E-state index contributed by atoms with van der Waals surface area (Å²) in [4.78, 5) is 29.2. The van der Waals surface area contributed by atoms with Crippen molar-refractivity contribution in [2.75, 3.05) is 28.2 Å². The van der Waals surface area contributed by atoms with Crippen LogP contribution in [0.3, 0.4) is 0 Å². The van der Waals surface area contributed by atoms with Gasteiger partial charge in [-0.15, -0.1) is 0 Å². The monoisotopic (exact) mass is 440 g/mol. The number of carbonyl (C=O) groups is 1. The first kappa shape index (κ1) is 20.2. The van der Waals surface area contributed by atoms with Crippen molar-refractivity contribution in [3.05, 3.63) is 60.6 Å². The van der Waals surface area contributed by atoms with Crippen LogP contribution in [0.1, 0.15) is 18.5 Å². The number of carbonyl (C=O) groups excluding carboxylic acids is 1. The van der Waals surface area contributed by atoms with E-state index in [-0.39, 0.29) is 17.6 Å². The Kier molecular flexibility index (Phi) is 4.91. The van der Waals surface area contributed by atoms with E-state index in [1.807, 2.05) is 6.07 Å². The molecule has 10 heteroatoms. The number of urea groups is 1. The number of aromatic nitrogens is 3. The van der Waals surface area contributed by atoms with Crippen molar-refractivity contribution < 1.29 is 18.0 Å². The zero-order valence-corrected chi connectivity index (χ0v) is 16.9. The standard InChI is InChI=1S/C22H19F3N6O/c23-22(24,25)18-12-14(8-10-26-18)16-6-7-17-20(28-16)31(15-4-3-11-30(17)13-15)21(32)29-19-5-1-2-9-27-19/h1-2,5-10,12,15H,3-4,11,13H2,(H,27,29,32). The predicted molar refractivity (Wildman–Crippen MR) is 113 cm³/mol. The van der Waals surface area contributed by atoms with Crippen LogP contribution in [0.25, 0.3) is 11.3 Å². The minimum atomic E-state index is -4.55. The van der Waals surface area contributed by atoms with E-state index >= 15 is 0 Å². The lowest BCUT2D eigenvalue weighted by molar-refractivity contribution is -0.141. The molecular formula is C22H19F3N6O. The van der Waals surface area contributed by atoms with Crippen LogP contribution in [0.4, 0.5) is 35.3 Å². The smallest absolute Gasteiger partial charge is 0.366 e. The van der Waals surface area contributed by atoms with Crippen molar-refractivity contribution in [1.29, 1.82) is 0 Å². The van der Waals surface area contributed by atoms with E-state index in [0.29, 0.717) is 23.9 Å². The highest BCUT2D eigenvalue weighted by atomic mass is 19.4. The maximum Gasteiger partial charge on any atom is 0.433 e. The molecule has 3 aromatic rings. The Hall–Kier alpha value is -3.69. The van der Waals surface area contributed by atoms with Crippen LogP contribution in [0.2, 0.25) is 0 Å². The normalized spacial score (nSPS) is 17.7. The van der Waals surface area contributed by atoms with Gasteiger partial charge in [0.05, 0.1) is 17.4 Å². The van der Waals surface area contributed by atoms with E-state index < -0.39 is 11.9 Å². The molecule has 2 aliphatic rings. The molecule has 0 radical (unpaired) electrons. The molecule has 32 heavy (non-hydrogen) atoms. The third-order valence-corrected chi connectivity index (χ3v) is 5.65. The molecule has 1 atom stereocenters. The quantitative estimate of drug-likeness (QED) is 0.632. The third kappa shape index (κ3) is 3.72. The number of amides is 2. The fraction of sp³-hybridized carbons (Fsp3) is 0.273. The van der Waals surface area contributed by atoms with E-state index in [0.717, 1.165) is 37.3 Å². The zero-order chi connectivity index (χ0) is 22.3. The molecule has 3 aromatic heterocycles. The molecule has 0 aromatic carbocycles. The lowest BCUT2D eigenvalue weighted by atomic mass is 9.99. The first-order valence-electron chi connectivity index (χ1n) is 10.2. The van der Waals surface area contributed by atoms with Crippen LogP contribution in [-0.2, 0) is 6.18 Å². The molecule has 5 heterocycles. The predicted octanol–water partition coefficient (Wildman–Crippen LogP) is 4.58. The van der Waals surface area contributed by atoms with Crippen molar-refractivity contribution >= 4 is 23.4 Å². The molecule has 164 valence electrons. The average molecular weight is 440 g/mol. The number of hydrogen-bond donors (Lipinski definition) is 1. The molecule has 1 unspecified atom stereocenters. The van der Waals surface area contributed by atoms with Crippen LogP contribution in [0.5, 0.6) is 0 Å². The second kappa shape index (κ2) is 7.77. The van der Waals surface area contributed by atoms with Crippen molar-refractivity contribution in [3.63, 3.8) is 0 Å². The summed E-state index contributed by atoms with van der Waals surface area (Å²) >= 11 is 0. The molecule has 0 aliphatic carbocycles. The summed E-state index contributed by atoms with van der Waals surface area (Å²) in [6.07, 6.45) is -0.117. The van der Waals surface area contributed by atoms with Gasteiger partial charge < -0.3 is 4.90 Å². The van der Waals surface area contributed by atoms with Gasteiger partial charge in [-0.05, 0) is 49.2 Å². The number of anilines is 3. The summed E-state index contributed by atoms with van der Waals surface area (Å²) in [5.74, 6) is 0.842. The molecular weight excluding hydrogens is 421 g/mol. The van der Waals surface area contributed by atoms with E-state index in [2.05, 4.69) is 25.2 Å². The van der Waals surface area contributed by atoms with Gasteiger partial charge in [-0.1, -0.05) is 6.07 Å². The number of hydrogen-bond acceptors (Lipinski definition) is 5. The number of rotatable bonds is 2. The Morgan fingerprint density at radius 3 is 2.75 bits per heavy atom. The van der Waals surface area contributed by atoms with Gasteiger partial charge in [0.25, 0.3) is 0 Å². The highest BCUT2D eigenvalue weighted by molar-refractivity contribution is 6.04. The number of alkyl halides is 3. The summed E-state index contributed by atoms with van der Waals surface area (Å²) in [6.45, 7) is 1.52. The van der Waals surface area contributed by atoms with E-state index in [4.69, 9.17) is 0 Å². The van der Waals surface area contributed by atoms with Gasteiger partial charge >= 0.3 is 12.2 Å². The van der Waals surface area contributed by atoms with Crippen molar-refractivity contribution in [2.24, 2.45) is 0 Å². The maximum atomic E-state index is 13.2. The number of piperidine rings is 1. The lowest BCUT2D eigenvalue weighted by Gasteiger charge is -2.45. The number of nitrogens with one attached hydrogen (secondary N) is 1. The Labute approximate surface area is 181 Å². The van der Waals surface area contributed by atoms with Crippen molar-refractivity contribution in [3.8, 4) is 11.3 Å². The molecule has 7 nitrogen and oxygen atoms in total. The summed E-state index contributed by atoms with van der Waals surface area (Å²) in [7, 11) is 0. The van der Waals surface area contributed by atoms with E-state index in [1.165, 1.54) is 6.07 Å². The van der Waals surface area contributed by atoms with Gasteiger partial charge in [-0.25, -0.2) is 14.8 Å². The van der Waals surface area contributed by atoms with Crippen LogP contribution < -0.4 is 15.1 Å². The first-order valence-corrected chi connectivity index (χ1v) is 10.2. The molecule has 5 rings (SSSR count). The van der Waals surface area contributed by atoms with Gasteiger partial charge in [-0.3, -0.25) is 15.2 Å². The summed E-state index contributed by atoms with van der Waals surface area (Å²) in [5.41, 5.74) is 0.422. The van der Waals surface area contributed by atoms with Crippen LogP contribution in [0.15, 0.2) is 54.9 Å².